The number of hydrogen-bond acceptors (Lipinski definition) is 5. The Morgan fingerprint density at radius 3 is 2.44 bits per heavy atom. The Bertz CT molecular complexity index is 441. The van der Waals surface area contributed by atoms with Crippen LogP contribution in [0.25, 0.3) is 0 Å². The van der Waals surface area contributed by atoms with Gasteiger partial charge in [0.1, 0.15) is 0 Å². The maximum Gasteiger partial charge on any atom is 0.328 e. The molecule has 0 bridgehead atoms. The SMILES string of the molecule is COC1=NN(c2ccccc2)C(=O)C1(O)O. The molecule has 0 saturated carbocycles. The molecule has 0 fully saturated rings. The highest BCUT2D eigenvalue weighted by molar-refractivity contribution is 6.17. The molecule has 1 aliphatic rings. The van der Waals surface area contributed by atoms with Gasteiger partial charge in [-0.1, -0.05) is 18.2 Å². The van der Waals surface area contributed by atoms with Crippen LogP contribution < -0.4 is 5.01 Å². The number of rotatable bonds is 1. The fourth-order valence-corrected chi connectivity index (χ4v) is 1.37. The van der Waals surface area contributed by atoms with E-state index in [2.05, 4.69) is 9.84 Å². The standard InChI is InChI=1S/C10H10N2O4/c1-16-8-10(14,15)9(13)12(11-8)7-5-3-2-4-6-7/h2-6,14-15H,1H3. The van der Waals surface area contributed by atoms with E-state index in [1.807, 2.05) is 0 Å². The van der Waals surface area contributed by atoms with E-state index in [1.165, 1.54) is 7.11 Å². The molecule has 0 unspecified atom stereocenters. The van der Waals surface area contributed by atoms with E-state index in [4.69, 9.17) is 0 Å². The Balaban J connectivity index is 2.40. The summed E-state index contributed by atoms with van der Waals surface area (Å²) in [7, 11) is 1.21. The zero-order chi connectivity index (χ0) is 11.8. The third kappa shape index (κ3) is 1.44. The molecular formula is C10H10N2O4. The van der Waals surface area contributed by atoms with E-state index in [0.29, 0.717) is 5.69 Å². The summed E-state index contributed by atoms with van der Waals surface area (Å²) in [5.74, 6) is -4.10. The number of carbonyl (C=O) groups is 1. The van der Waals surface area contributed by atoms with Crippen molar-refractivity contribution in [3.05, 3.63) is 30.3 Å². The van der Waals surface area contributed by atoms with Crippen LogP contribution in [0.15, 0.2) is 35.4 Å². The molecule has 6 nitrogen and oxygen atoms in total. The molecule has 84 valence electrons. The molecule has 0 saturated heterocycles. The number of amides is 1. The van der Waals surface area contributed by atoms with Gasteiger partial charge in [-0.3, -0.25) is 4.79 Å². The van der Waals surface area contributed by atoms with Crippen molar-refractivity contribution in [1.29, 1.82) is 0 Å². The van der Waals surface area contributed by atoms with Crippen LogP contribution >= 0.6 is 0 Å². The largest absolute Gasteiger partial charge is 0.479 e. The Morgan fingerprint density at radius 2 is 1.94 bits per heavy atom. The Hall–Kier alpha value is -1.92. The van der Waals surface area contributed by atoms with Crippen LogP contribution in [0.5, 0.6) is 0 Å². The number of anilines is 1. The molecule has 0 aromatic heterocycles. The average molecular weight is 222 g/mol. The lowest BCUT2D eigenvalue weighted by Gasteiger charge is -2.15. The summed E-state index contributed by atoms with van der Waals surface area (Å²) < 4.78 is 4.64. The fourth-order valence-electron chi connectivity index (χ4n) is 1.37. The number of benzene rings is 1. The van der Waals surface area contributed by atoms with E-state index in [-0.39, 0.29) is 0 Å². The van der Waals surface area contributed by atoms with Crippen molar-refractivity contribution in [1.82, 2.24) is 0 Å². The summed E-state index contributed by atoms with van der Waals surface area (Å²) in [5.41, 5.74) is 0.437. The van der Waals surface area contributed by atoms with Crippen LogP contribution in [-0.2, 0) is 9.53 Å². The zero-order valence-corrected chi connectivity index (χ0v) is 8.49. The van der Waals surface area contributed by atoms with Crippen LogP contribution in [0.4, 0.5) is 5.69 Å². The topological polar surface area (TPSA) is 82.4 Å². The number of para-hydroxylation sites is 1. The van der Waals surface area contributed by atoms with Gasteiger partial charge in [0.25, 0.3) is 5.90 Å². The van der Waals surface area contributed by atoms with E-state index in [9.17, 15) is 15.0 Å². The van der Waals surface area contributed by atoms with Crippen LogP contribution in [-0.4, -0.2) is 34.9 Å². The van der Waals surface area contributed by atoms with Crippen molar-refractivity contribution in [3.8, 4) is 0 Å². The van der Waals surface area contributed by atoms with E-state index < -0.39 is 17.6 Å². The first-order valence-electron chi connectivity index (χ1n) is 4.55. The van der Waals surface area contributed by atoms with Crippen LogP contribution in [0.2, 0.25) is 0 Å². The third-order valence-electron chi connectivity index (χ3n) is 2.17. The minimum Gasteiger partial charge on any atom is -0.479 e. The monoisotopic (exact) mass is 222 g/mol. The first-order chi connectivity index (χ1) is 7.57. The number of methoxy groups -OCH3 is 1. The van der Waals surface area contributed by atoms with E-state index in [1.54, 1.807) is 30.3 Å². The van der Waals surface area contributed by atoms with Crippen molar-refractivity contribution in [2.75, 3.05) is 12.1 Å². The van der Waals surface area contributed by atoms with Crippen LogP contribution in [0.3, 0.4) is 0 Å². The summed E-state index contributed by atoms with van der Waals surface area (Å²) in [6, 6.07) is 8.43. The predicted octanol–water partition coefficient (Wildman–Crippen LogP) is -0.326. The summed E-state index contributed by atoms with van der Waals surface area (Å²) in [4.78, 5) is 11.6. The molecule has 1 aromatic rings. The number of hydrazone groups is 1. The lowest BCUT2D eigenvalue weighted by Crippen LogP contribution is -2.46. The molecule has 2 rings (SSSR count). The van der Waals surface area contributed by atoms with Gasteiger partial charge in [0, 0.05) is 0 Å². The minimum absolute atomic E-state index is 0.437. The van der Waals surface area contributed by atoms with Gasteiger partial charge in [-0.2, -0.15) is 5.01 Å². The zero-order valence-electron chi connectivity index (χ0n) is 8.49. The third-order valence-corrected chi connectivity index (χ3v) is 2.17. The molecule has 0 spiro atoms. The van der Waals surface area contributed by atoms with Crippen molar-refractivity contribution < 1.29 is 19.7 Å². The van der Waals surface area contributed by atoms with Gasteiger partial charge >= 0.3 is 11.7 Å². The fraction of sp³-hybridized carbons (Fsp3) is 0.200. The van der Waals surface area contributed by atoms with Gasteiger partial charge in [0.05, 0.1) is 12.8 Å². The molecule has 6 heteroatoms. The van der Waals surface area contributed by atoms with E-state index in [0.717, 1.165) is 5.01 Å². The first kappa shape index (κ1) is 10.6. The molecule has 16 heavy (non-hydrogen) atoms. The van der Waals surface area contributed by atoms with Crippen LogP contribution in [0.1, 0.15) is 0 Å². The average Bonchev–Trinajstić information content (AvgIpc) is 2.52. The number of hydrogen-bond donors (Lipinski definition) is 2. The summed E-state index contributed by atoms with van der Waals surface area (Å²) in [5, 5.41) is 23.5. The number of ether oxygens (including phenoxy) is 1. The lowest BCUT2D eigenvalue weighted by atomic mass is 10.2. The maximum atomic E-state index is 11.6. The maximum absolute atomic E-state index is 11.6. The van der Waals surface area contributed by atoms with Crippen molar-refractivity contribution >= 4 is 17.5 Å². The van der Waals surface area contributed by atoms with E-state index >= 15 is 0 Å². The molecule has 1 aromatic carbocycles. The number of carbonyl (C=O) groups excluding carboxylic acids is 1. The van der Waals surface area contributed by atoms with Crippen molar-refractivity contribution in [2.45, 2.75) is 5.79 Å². The van der Waals surface area contributed by atoms with Gasteiger partial charge in [-0.25, -0.2) is 0 Å². The van der Waals surface area contributed by atoms with Gasteiger partial charge in [-0.15, -0.1) is 5.10 Å². The number of nitrogens with zero attached hydrogens (tertiary/aromatic N) is 2. The van der Waals surface area contributed by atoms with Crippen molar-refractivity contribution in [3.63, 3.8) is 0 Å². The second-order valence-corrected chi connectivity index (χ2v) is 3.23. The molecule has 1 heterocycles. The quantitative estimate of drug-likeness (QED) is 0.637. The lowest BCUT2D eigenvalue weighted by molar-refractivity contribution is -0.159. The number of aliphatic hydroxyl groups is 2. The highest BCUT2D eigenvalue weighted by atomic mass is 16.6. The Kier molecular flexibility index (Phi) is 2.37. The van der Waals surface area contributed by atoms with Gasteiger partial charge in [-0.05, 0) is 12.1 Å². The Morgan fingerprint density at radius 1 is 1.31 bits per heavy atom. The normalized spacial score (nSPS) is 18.6. The van der Waals surface area contributed by atoms with Gasteiger partial charge < -0.3 is 14.9 Å². The smallest absolute Gasteiger partial charge is 0.328 e. The summed E-state index contributed by atoms with van der Waals surface area (Å²) in [6.45, 7) is 0. The molecule has 0 atom stereocenters. The molecule has 1 amide bonds. The van der Waals surface area contributed by atoms with Crippen molar-refractivity contribution in [2.24, 2.45) is 5.10 Å². The molecular weight excluding hydrogens is 212 g/mol. The highest BCUT2D eigenvalue weighted by Crippen LogP contribution is 2.24. The highest BCUT2D eigenvalue weighted by Gasteiger charge is 2.51. The molecule has 2 N–H and O–H groups in total. The van der Waals surface area contributed by atoms with Crippen LogP contribution in [0, 0.1) is 0 Å². The molecule has 0 radical (unpaired) electrons. The molecule has 0 aliphatic carbocycles. The second kappa shape index (κ2) is 3.58. The summed E-state index contributed by atoms with van der Waals surface area (Å²) in [6.07, 6.45) is 0. The summed E-state index contributed by atoms with van der Waals surface area (Å²) >= 11 is 0. The molecule has 1 aliphatic heterocycles. The van der Waals surface area contributed by atoms with Gasteiger partial charge in [0.2, 0.25) is 0 Å². The van der Waals surface area contributed by atoms with Gasteiger partial charge in [0.15, 0.2) is 0 Å². The second-order valence-electron chi connectivity index (χ2n) is 3.23. The predicted molar refractivity (Wildman–Crippen MR) is 55.5 cm³/mol. The Labute approximate surface area is 91.4 Å². The minimum atomic E-state index is -2.69. The first-order valence-corrected chi connectivity index (χ1v) is 4.55.